The largest absolute Gasteiger partial charge is 0.442 e. The summed E-state index contributed by atoms with van der Waals surface area (Å²) in [6, 6.07) is 19.2. The number of ether oxygens (including phenoxy) is 2. The van der Waals surface area contributed by atoms with Gasteiger partial charge in [-0.25, -0.2) is 9.59 Å². The van der Waals surface area contributed by atoms with E-state index in [1.165, 1.54) is 0 Å². The molecule has 2 aromatic carbocycles. The number of aliphatic hydroxyl groups excluding tert-OH is 1. The monoisotopic (exact) mass is 604 g/mol. The van der Waals surface area contributed by atoms with Gasteiger partial charge in [0.15, 0.2) is 0 Å². The van der Waals surface area contributed by atoms with E-state index in [0.717, 1.165) is 17.4 Å². The minimum atomic E-state index is -3.53. The Balaban J connectivity index is 0.000000253. The van der Waals surface area contributed by atoms with Gasteiger partial charge < -0.3 is 14.6 Å². The Hall–Kier alpha value is -2.57. The van der Waals surface area contributed by atoms with E-state index in [1.807, 2.05) is 74.5 Å². The summed E-state index contributed by atoms with van der Waals surface area (Å²) in [7, 11) is -3.53. The van der Waals surface area contributed by atoms with Crippen molar-refractivity contribution in [3.8, 4) is 0 Å². The Morgan fingerprint density at radius 1 is 0.872 bits per heavy atom. The summed E-state index contributed by atoms with van der Waals surface area (Å²) in [4.78, 5) is 26.6. The van der Waals surface area contributed by atoms with Crippen molar-refractivity contribution in [2.75, 3.05) is 37.9 Å². The van der Waals surface area contributed by atoms with Crippen molar-refractivity contribution in [1.29, 1.82) is 0 Å². The van der Waals surface area contributed by atoms with Gasteiger partial charge in [0.1, 0.15) is 18.8 Å². The second kappa shape index (κ2) is 15.9. The Morgan fingerprint density at radius 2 is 1.26 bits per heavy atom. The number of carbonyl (C=O) groups excluding carboxylic acids is 2. The minimum absolute atomic E-state index is 0.0229. The van der Waals surface area contributed by atoms with Gasteiger partial charge in [0, 0.05) is 0 Å². The molecule has 2 aliphatic heterocycles. The zero-order valence-electron chi connectivity index (χ0n) is 22.0. The van der Waals surface area contributed by atoms with Crippen molar-refractivity contribution in [3.05, 3.63) is 71.8 Å². The van der Waals surface area contributed by atoms with Crippen LogP contribution in [0.4, 0.5) is 9.59 Å². The van der Waals surface area contributed by atoms with Gasteiger partial charge in [-0.15, -0.1) is 23.2 Å². The van der Waals surface area contributed by atoms with Gasteiger partial charge in [0.25, 0.3) is 10.1 Å². The van der Waals surface area contributed by atoms with Crippen LogP contribution in [0.3, 0.4) is 0 Å². The third-order valence-corrected chi connectivity index (χ3v) is 6.54. The van der Waals surface area contributed by atoms with Crippen LogP contribution in [0.15, 0.2) is 60.7 Å². The Kier molecular flexibility index (Phi) is 13.3. The van der Waals surface area contributed by atoms with Gasteiger partial charge in [-0.3, -0.25) is 14.0 Å². The number of rotatable bonds is 8. The quantitative estimate of drug-likeness (QED) is 0.344. The summed E-state index contributed by atoms with van der Waals surface area (Å²) in [6.45, 7) is 4.34. The molecule has 0 aliphatic carbocycles. The number of nitrogens with zero attached hydrogens (tertiary/aromatic N) is 2. The van der Waals surface area contributed by atoms with Gasteiger partial charge in [-0.2, -0.15) is 8.42 Å². The van der Waals surface area contributed by atoms with Crippen molar-refractivity contribution < 1.29 is 36.8 Å². The van der Waals surface area contributed by atoms with Crippen molar-refractivity contribution in [3.63, 3.8) is 0 Å². The molecule has 2 heterocycles. The Morgan fingerprint density at radius 3 is 1.62 bits per heavy atom. The van der Waals surface area contributed by atoms with Crippen molar-refractivity contribution in [2.24, 2.45) is 0 Å². The minimum Gasteiger partial charge on any atom is -0.442 e. The number of hydrogen-bond donors (Lipinski definition) is 1. The number of benzene rings is 2. The summed E-state index contributed by atoms with van der Waals surface area (Å²) in [6.07, 6.45) is -0.797. The summed E-state index contributed by atoms with van der Waals surface area (Å²) < 4.78 is 36.6. The first-order chi connectivity index (χ1) is 18.5. The lowest BCUT2D eigenvalue weighted by atomic mass is 10.1. The topological polar surface area (TPSA) is 123 Å². The van der Waals surface area contributed by atoms with Crippen molar-refractivity contribution in [1.82, 2.24) is 9.80 Å². The highest BCUT2D eigenvalue weighted by Gasteiger charge is 2.36. The number of halogens is 2. The number of amides is 2. The standard InChI is InChI=1S/C13H17NO5S.C12H15NO3.CH2Cl2/c1-10(11-6-4-3-5-7-11)14-8-12(19-13(14)15)9-18-20(2,16)17;1-9(10-5-3-2-4-6-10)13-7-11(8-14)16-12(13)15;2-1-3/h3-7,10,12H,8-9H2,1-2H3;2-6,9,11,14H,7-8H2,1H3;1H2/t10-,12-;9-,11-;/m11./s1. The predicted molar refractivity (Wildman–Crippen MR) is 148 cm³/mol. The lowest BCUT2D eigenvalue weighted by molar-refractivity contribution is 0.0941. The predicted octanol–water partition coefficient (Wildman–Crippen LogP) is 4.53. The van der Waals surface area contributed by atoms with Crippen LogP contribution in [-0.2, 0) is 23.8 Å². The molecular formula is C26H34Cl2N2O8S. The summed E-state index contributed by atoms with van der Waals surface area (Å²) in [5, 5.41) is 9.14. The number of hydrogen-bond acceptors (Lipinski definition) is 8. The molecule has 4 atom stereocenters. The molecule has 39 heavy (non-hydrogen) atoms. The fraction of sp³-hybridized carbons (Fsp3) is 0.462. The third kappa shape index (κ3) is 10.5. The number of cyclic esters (lactones) is 2. The molecule has 10 nitrogen and oxygen atoms in total. The molecule has 0 bridgehead atoms. The molecule has 2 aromatic rings. The number of alkyl halides is 2. The van der Waals surface area contributed by atoms with E-state index < -0.39 is 28.4 Å². The molecule has 216 valence electrons. The molecule has 2 amide bonds. The van der Waals surface area contributed by atoms with Crippen LogP contribution in [0.5, 0.6) is 0 Å². The average molecular weight is 606 g/mol. The maximum atomic E-state index is 11.8. The van der Waals surface area contributed by atoms with Gasteiger partial charge in [0.05, 0.1) is 43.4 Å². The van der Waals surface area contributed by atoms with E-state index in [0.29, 0.717) is 13.1 Å². The summed E-state index contributed by atoms with van der Waals surface area (Å²) in [5.74, 6) is 0. The smallest absolute Gasteiger partial charge is 0.410 e. The highest BCUT2D eigenvalue weighted by atomic mass is 35.5. The molecule has 0 unspecified atom stereocenters. The van der Waals surface area contributed by atoms with E-state index in [9.17, 15) is 18.0 Å². The first-order valence-corrected chi connectivity index (χ1v) is 15.0. The molecule has 2 aliphatic rings. The first-order valence-electron chi connectivity index (χ1n) is 12.1. The number of aliphatic hydroxyl groups is 1. The molecule has 13 heteroatoms. The molecule has 0 radical (unpaired) electrons. The molecule has 2 saturated heterocycles. The SMILES string of the molecule is C[C@H](c1ccccc1)N1C[C@H](CO)OC1=O.C[C@H](c1ccccc1)N1C[C@H](COS(C)(=O)=O)OC1=O.ClCCl. The maximum absolute atomic E-state index is 11.8. The molecule has 4 rings (SSSR count). The zero-order chi connectivity index (χ0) is 29.0. The van der Waals surface area contributed by atoms with Gasteiger partial charge >= 0.3 is 12.2 Å². The highest BCUT2D eigenvalue weighted by Crippen LogP contribution is 2.26. The second-order valence-corrected chi connectivity index (χ2v) is 11.2. The van der Waals surface area contributed by atoms with Gasteiger partial charge in [-0.05, 0) is 25.0 Å². The summed E-state index contributed by atoms with van der Waals surface area (Å²) >= 11 is 9.53. The van der Waals surface area contributed by atoms with Crippen LogP contribution in [0.2, 0.25) is 0 Å². The summed E-state index contributed by atoms with van der Waals surface area (Å²) in [5.41, 5.74) is 2.06. The maximum Gasteiger partial charge on any atom is 0.410 e. The van der Waals surface area contributed by atoms with E-state index in [2.05, 4.69) is 4.18 Å². The van der Waals surface area contributed by atoms with E-state index in [-0.39, 0.29) is 36.7 Å². The fourth-order valence-corrected chi connectivity index (χ4v) is 4.32. The van der Waals surface area contributed by atoms with Crippen LogP contribution >= 0.6 is 23.2 Å². The van der Waals surface area contributed by atoms with Crippen LogP contribution < -0.4 is 0 Å². The molecule has 1 N–H and O–H groups in total. The third-order valence-electron chi connectivity index (χ3n) is 5.98. The Bertz CT molecular complexity index is 1140. The zero-order valence-corrected chi connectivity index (χ0v) is 24.3. The average Bonchev–Trinajstić information content (AvgIpc) is 3.49. The molecule has 0 spiro atoms. The highest BCUT2D eigenvalue weighted by molar-refractivity contribution is 7.85. The van der Waals surface area contributed by atoms with Gasteiger partial charge in [-0.1, -0.05) is 60.7 Å². The van der Waals surface area contributed by atoms with E-state index in [4.69, 9.17) is 37.8 Å². The lowest BCUT2D eigenvalue weighted by Crippen LogP contribution is -2.29. The lowest BCUT2D eigenvalue weighted by Gasteiger charge is -2.22. The first kappa shape index (κ1) is 32.6. The van der Waals surface area contributed by atoms with Gasteiger partial charge in [0.2, 0.25) is 0 Å². The van der Waals surface area contributed by atoms with Crippen molar-refractivity contribution >= 4 is 45.5 Å². The molecular weight excluding hydrogens is 571 g/mol. The Labute approximate surface area is 239 Å². The fourth-order valence-electron chi connectivity index (χ4n) is 3.92. The molecule has 0 saturated carbocycles. The normalized spacial score (nSPS) is 20.2. The van der Waals surface area contributed by atoms with Crippen molar-refractivity contribution in [2.45, 2.75) is 38.1 Å². The van der Waals surface area contributed by atoms with Crippen LogP contribution in [-0.4, -0.2) is 85.6 Å². The van der Waals surface area contributed by atoms with Crippen LogP contribution in [0.1, 0.15) is 37.1 Å². The van der Waals surface area contributed by atoms with E-state index in [1.54, 1.807) is 9.80 Å². The molecule has 2 fully saturated rings. The van der Waals surface area contributed by atoms with Crippen LogP contribution in [0, 0.1) is 0 Å². The van der Waals surface area contributed by atoms with Crippen LogP contribution in [0.25, 0.3) is 0 Å². The molecule has 0 aromatic heterocycles. The second-order valence-electron chi connectivity index (χ2n) is 8.76. The number of carbonyl (C=O) groups is 2. The van der Waals surface area contributed by atoms with E-state index >= 15 is 0 Å².